The van der Waals surface area contributed by atoms with Gasteiger partial charge >= 0.3 is 11.9 Å². The third-order valence-corrected chi connectivity index (χ3v) is 9.69. The molecule has 4 saturated heterocycles. The Morgan fingerprint density at radius 2 is 0.960 bits per heavy atom. The molecule has 0 radical (unpaired) electrons. The van der Waals surface area contributed by atoms with Crippen molar-refractivity contribution < 1.29 is 57.0 Å². The lowest BCUT2D eigenvalue weighted by molar-refractivity contribution is -0.220. The molecule has 0 aromatic heterocycles. The van der Waals surface area contributed by atoms with Gasteiger partial charge in [0, 0.05) is 26.3 Å². The summed E-state index contributed by atoms with van der Waals surface area (Å²) in [4.78, 5) is 24.9. The fourth-order valence-corrected chi connectivity index (χ4v) is 7.49. The zero-order chi connectivity index (χ0) is 36.3. The molecule has 0 bridgehead atoms. The Hall–Kier alpha value is -1.46. The zero-order valence-corrected chi connectivity index (χ0v) is 31.6. The number of rotatable bonds is 23. The second-order valence-corrected chi connectivity index (χ2v) is 14.5. The highest BCUT2D eigenvalue weighted by Gasteiger charge is 2.58. The van der Waals surface area contributed by atoms with Crippen molar-refractivity contribution in [3.05, 3.63) is 0 Å². The van der Waals surface area contributed by atoms with Crippen LogP contribution < -0.4 is 10.6 Å². The van der Waals surface area contributed by atoms with Crippen LogP contribution in [0.25, 0.3) is 0 Å². The number of carbonyl (C=O) groups is 2. The van der Waals surface area contributed by atoms with Crippen molar-refractivity contribution in [2.24, 2.45) is 0 Å². The molecule has 4 rings (SSSR count). The molecule has 0 amide bonds. The molecule has 10 atom stereocenters. The van der Waals surface area contributed by atoms with E-state index in [9.17, 15) is 9.59 Å². The molecule has 14 nitrogen and oxygen atoms in total. The molecule has 2 N–H and O–H groups in total. The van der Waals surface area contributed by atoms with E-state index in [4.69, 9.17) is 47.4 Å². The highest BCUT2D eigenvalue weighted by Crippen LogP contribution is 2.41. The van der Waals surface area contributed by atoms with Gasteiger partial charge in [-0.15, -0.1) is 0 Å². The Morgan fingerprint density at radius 3 is 1.30 bits per heavy atom. The quantitative estimate of drug-likeness (QED) is 0.117. The molecular formula is C36H64N2O12. The van der Waals surface area contributed by atoms with Gasteiger partial charge in [-0.3, -0.25) is 9.59 Å². The molecule has 4 aliphatic heterocycles. The second kappa shape index (κ2) is 19.6. The summed E-state index contributed by atoms with van der Waals surface area (Å²) in [6.07, 6.45) is 5.88. The van der Waals surface area contributed by atoms with Crippen LogP contribution in [0.1, 0.15) is 106 Å². The predicted molar refractivity (Wildman–Crippen MR) is 182 cm³/mol. The van der Waals surface area contributed by atoms with Crippen molar-refractivity contribution in [1.82, 2.24) is 10.6 Å². The van der Waals surface area contributed by atoms with Gasteiger partial charge in [0.15, 0.2) is 24.2 Å². The van der Waals surface area contributed by atoms with Crippen molar-refractivity contribution in [2.75, 3.05) is 40.5 Å². The van der Waals surface area contributed by atoms with Crippen LogP contribution in [0.4, 0.5) is 0 Å². The van der Waals surface area contributed by atoms with Gasteiger partial charge in [0.1, 0.15) is 36.6 Å². The van der Waals surface area contributed by atoms with Crippen LogP contribution in [0.5, 0.6) is 0 Å². The van der Waals surface area contributed by atoms with E-state index in [1.54, 1.807) is 28.1 Å². The van der Waals surface area contributed by atoms with Gasteiger partial charge in [-0.2, -0.15) is 0 Å². The van der Waals surface area contributed by atoms with Gasteiger partial charge in [-0.05, 0) is 67.5 Å². The van der Waals surface area contributed by atoms with E-state index in [-0.39, 0.29) is 61.3 Å². The SMILES string of the molecule is CCOC(=O)CC(NCCCCCCCCCCNC(CC(=O)OCC)[C@@H]1O[C@H]2OC(C)(C)O[C@H]2[C@@H]1OC)[C@H]1O[C@@H]2OC(C)(C)O[C@@H]2[C@H]1OC. The third kappa shape index (κ3) is 11.5. The monoisotopic (exact) mass is 716 g/mol. The van der Waals surface area contributed by atoms with Crippen LogP contribution in [0, 0.1) is 0 Å². The number of hydrogen-bond donors (Lipinski definition) is 2. The Balaban J connectivity index is 1.11. The largest absolute Gasteiger partial charge is 0.466 e. The number of ether oxygens (including phenoxy) is 10. The molecule has 4 fully saturated rings. The minimum atomic E-state index is -0.741. The predicted octanol–water partition coefficient (Wildman–Crippen LogP) is 3.71. The summed E-state index contributed by atoms with van der Waals surface area (Å²) in [6, 6.07) is -0.557. The lowest BCUT2D eigenvalue weighted by Gasteiger charge is -2.30. The Kier molecular flexibility index (Phi) is 16.2. The van der Waals surface area contributed by atoms with Crippen LogP contribution in [0.2, 0.25) is 0 Å². The molecule has 0 saturated carbocycles. The van der Waals surface area contributed by atoms with Crippen LogP contribution in [-0.4, -0.2) is 125 Å². The molecule has 290 valence electrons. The van der Waals surface area contributed by atoms with E-state index in [2.05, 4.69) is 10.6 Å². The average molecular weight is 717 g/mol. The van der Waals surface area contributed by atoms with Gasteiger partial charge in [0.2, 0.25) is 0 Å². The summed E-state index contributed by atoms with van der Waals surface area (Å²) in [5.41, 5.74) is 0. The second-order valence-electron chi connectivity index (χ2n) is 14.5. The Labute approximate surface area is 298 Å². The van der Waals surface area contributed by atoms with Gasteiger partial charge in [0.05, 0.1) is 26.1 Å². The molecule has 0 spiro atoms. The van der Waals surface area contributed by atoms with E-state index in [0.717, 1.165) is 51.6 Å². The molecule has 2 unspecified atom stereocenters. The van der Waals surface area contributed by atoms with Gasteiger partial charge in [-0.25, -0.2) is 0 Å². The number of nitrogens with one attached hydrogen (secondary N) is 2. The third-order valence-electron chi connectivity index (χ3n) is 9.69. The van der Waals surface area contributed by atoms with E-state index in [1.165, 1.54) is 12.8 Å². The molecule has 4 heterocycles. The van der Waals surface area contributed by atoms with E-state index >= 15 is 0 Å². The highest BCUT2D eigenvalue weighted by molar-refractivity contribution is 5.70. The highest BCUT2D eigenvalue weighted by atomic mass is 16.9. The summed E-state index contributed by atoms with van der Waals surface area (Å²) in [6.45, 7) is 13.2. The lowest BCUT2D eigenvalue weighted by Crippen LogP contribution is -2.49. The molecule has 50 heavy (non-hydrogen) atoms. The molecular weight excluding hydrogens is 652 g/mol. The van der Waals surface area contributed by atoms with Crippen molar-refractivity contribution in [3.8, 4) is 0 Å². The van der Waals surface area contributed by atoms with E-state index < -0.39 is 36.4 Å². The summed E-state index contributed by atoms with van der Waals surface area (Å²) >= 11 is 0. The number of hydrogen-bond acceptors (Lipinski definition) is 14. The first kappa shape index (κ1) is 41.3. The van der Waals surface area contributed by atoms with Crippen molar-refractivity contribution in [2.45, 2.75) is 179 Å². The smallest absolute Gasteiger partial charge is 0.307 e. The fourth-order valence-electron chi connectivity index (χ4n) is 7.49. The van der Waals surface area contributed by atoms with Crippen molar-refractivity contribution >= 4 is 11.9 Å². The summed E-state index contributed by atoms with van der Waals surface area (Å²) < 4.78 is 58.4. The number of carbonyl (C=O) groups excluding carboxylic acids is 2. The summed E-state index contributed by atoms with van der Waals surface area (Å²) in [5, 5.41) is 7.07. The van der Waals surface area contributed by atoms with E-state index in [0.29, 0.717) is 13.2 Å². The van der Waals surface area contributed by atoms with Crippen LogP contribution in [0.3, 0.4) is 0 Å². The van der Waals surface area contributed by atoms with Gasteiger partial charge in [-0.1, -0.05) is 38.5 Å². The number of esters is 2. The lowest BCUT2D eigenvalue weighted by atomic mass is 10.00. The topological polar surface area (TPSA) is 150 Å². The van der Waals surface area contributed by atoms with Gasteiger partial charge in [0.25, 0.3) is 0 Å². The standard InChI is InChI=1S/C36H64N2O12/c1-9-43-25(39)21-23(27-29(41-7)31-33(45-27)49-35(3,4)47-31)37-19-17-15-13-11-12-14-16-18-20-38-24(22-26(40)44-10-2)28-30(42-8)32-34(46-28)50-36(5,6)48-32/h23-24,27-34,37-38H,9-22H2,1-8H3/t23?,24?,27-,28+,29+,30-,31-,32+,33-,34+. The number of fused-ring (bicyclic) bond motifs is 2. The van der Waals surface area contributed by atoms with Crippen molar-refractivity contribution in [1.29, 1.82) is 0 Å². The minimum absolute atomic E-state index is 0.183. The average Bonchev–Trinajstić information content (AvgIpc) is 3.74. The first-order valence-corrected chi connectivity index (χ1v) is 18.8. The van der Waals surface area contributed by atoms with Gasteiger partial charge < -0.3 is 58.0 Å². The zero-order valence-electron chi connectivity index (χ0n) is 31.6. The summed E-state index contributed by atoms with van der Waals surface area (Å²) in [7, 11) is 3.27. The van der Waals surface area contributed by atoms with Crippen LogP contribution >= 0.6 is 0 Å². The van der Waals surface area contributed by atoms with Crippen molar-refractivity contribution in [3.63, 3.8) is 0 Å². The molecule has 0 aromatic rings. The normalized spacial score (nSPS) is 32.1. The van der Waals surface area contributed by atoms with Crippen LogP contribution in [0.15, 0.2) is 0 Å². The van der Waals surface area contributed by atoms with Crippen LogP contribution in [-0.2, 0) is 57.0 Å². The molecule has 0 aromatic carbocycles. The summed E-state index contributed by atoms with van der Waals surface area (Å²) in [5.74, 6) is -2.02. The molecule has 14 heteroatoms. The maximum absolute atomic E-state index is 12.4. The number of methoxy groups -OCH3 is 2. The first-order valence-electron chi connectivity index (χ1n) is 18.8. The maximum Gasteiger partial charge on any atom is 0.307 e. The first-order chi connectivity index (χ1) is 23.9. The number of unbranched alkanes of at least 4 members (excludes halogenated alkanes) is 7. The maximum atomic E-state index is 12.4. The molecule has 4 aliphatic rings. The fraction of sp³-hybridized carbons (Fsp3) is 0.944. The molecule has 0 aliphatic carbocycles. The Bertz CT molecular complexity index is 967. The Morgan fingerprint density at radius 1 is 0.600 bits per heavy atom. The minimum Gasteiger partial charge on any atom is -0.466 e. The van der Waals surface area contributed by atoms with E-state index in [1.807, 2.05) is 27.7 Å².